The van der Waals surface area contributed by atoms with Crippen LogP contribution in [0.1, 0.15) is 0 Å². The molecule has 0 atom stereocenters. The van der Waals surface area contributed by atoms with E-state index in [1.165, 1.54) is 0 Å². The van der Waals surface area contributed by atoms with E-state index in [9.17, 15) is 4.79 Å². The van der Waals surface area contributed by atoms with Gasteiger partial charge < -0.3 is 15.1 Å². The van der Waals surface area contributed by atoms with Crippen molar-refractivity contribution < 1.29 is 4.79 Å². The highest BCUT2D eigenvalue weighted by molar-refractivity contribution is 6.33. The van der Waals surface area contributed by atoms with Crippen LogP contribution in [-0.4, -0.2) is 47.3 Å². The lowest BCUT2D eigenvalue weighted by Gasteiger charge is -2.35. The van der Waals surface area contributed by atoms with Crippen LogP contribution in [0, 0.1) is 0 Å². The normalized spacial score (nSPS) is 14.0. The van der Waals surface area contributed by atoms with E-state index >= 15 is 0 Å². The number of nitrogens with one attached hydrogen (secondary N) is 1. The molecular formula is C21H20ClN5O. The molecule has 0 bridgehead atoms. The first-order valence-corrected chi connectivity index (χ1v) is 9.53. The molecule has 1 aliphatic rings. The molecule has 1 fully saturated rings. The van der Waals surface area contributed by atoms with Crippen molar-refractivity contribution in [3.8, 4) is 11.3 Å². The second kappa shape index (κ2) is 8.27. The molecule has 2 heterocycles. The minimum Gasteiger partial charge on any atom is -0.352 e. The van der Waals surface area contributed by atoms with Gasteiger partial charge in [-0.15, -0.1) is 10.2 Å². The number of para-hydroxylation sites is 1. The van der Waals surface area contributed by atoms with Crippen molar-refractivity contribution in [3.05, 3.63) is 71.8 Å². The maximum atomic E-state index is 12.5. The van der Waals surface area contributed by atoms with Crippen LogP contribution < -0.4 is 10.2 Å². The Hall–Kier alpha value is -3.12. The summed E-state index contributed by atoms with van der Waals surface area (Å²) in [5.74, 6) is 0.825. The molecule has 3 aromatic rings. The molecule has 1 saturated heterocycles. The molecule has 0 radical (unpaired) electrons. The van der Waals surface area contributed by atoms with Crippen molar-refractivity contribution in [1.82, 2.24) is 15.1 Å². The summed E-state index contributed by atoms with van der Waals surface area (Å²) in [6.07, 6.45) is 0. The average molecular weight is 394 g/mol. The number of aromatic nitrogens is 2. The van der Waals surface area contributed by atoms with E-state index in [2.05, 4.69) is 20.4 Å². The van der Waals surface area contributed by atoms with Gasteiger partial charge in [0.2, 0.25) is 0 Å². The molecule has 7 heteroatoms. The Morgan fingerprint density at radius 2 is 1.57 bits per heavy atom. The lowest BCUT2D eigenvalue weighted by Crippen LogP contribution is -2.50. The van der Waals surface area contributed by atoms with Gasteiger partial charge in [-0.3, -0.25) is 0 Å². The zero-order valence-corrected chi connectivity index (χ0v) is 16.0. The first-order chi connectivity index (χ1) is 13.7. The number of carbonyl (C=O) groups is 1. The first-order valence-electron chi connectivity index (χ1n) is 9.15. The van der Waals surface area contributed by atoms with Crippen LogP contribution >= 0.6 is 11.6 Å². The zero-order chi connectivity index (χ0) is 19.3. The minimum atomic E-state index is -0.141. The Morgan fingerprint density at radius 3 is 2.25 bits per heavy atom. The third kappa shape index (κ3) is 4.07. The molecule has 142 valence electrons. The summed E-state index contributed by atoms with van der Waals surface area (Å²) in [6.45, 7) is 2.63. The van der Waals surface area contributed by atoms with Crippen LogP contribution in [0.15, 0.2) is 66.7 Å². The lowest BCUT2D eigenvalue weighted by molar-refractivity contribution is 0.208. The highest BCUT2D eigenvalue weighted by Crippen LogP contribution is 2.22. The number of piperazine rings is 1. The molecule has 1 aliphatic heterocycles. The van der Waals surface area contributed by atoms with E-state index in [-0.39, 0.29) is 6.03 Å². The molecule has 1 aromatic heterocycles. The van der Waals surface area contributed by atoms with Gasteiger partial charge in [0.15, 0.2) is 5.82 Å². The van der Waals surface area contributed by atoms with E-state index in [0.29, 0.717) is 36.9 Å². The van der Waals surface area contributed by atoms with Gasteiger partial charge >= 0.3 is 6.03 Å². The van der Waals surface area contributed by atoms with Crippen LogP contribution in [-0.2, 0) is 0 Å². The second-order valence-electron chi connectivity index (χ2n) is 6.53. The Kier molecular flexibility index (Phi) is 5.39. The molecule has 0 aliphatic carbocycles. The number of urea groups is 1. The van der Waals surface area contributed by atoms with E-state index < -0.39 is 0 Å². The second-order valence-corrected chi connectivity index (χ2v) is 6.93. The summed E-state index contributed by atoms with van der Waals surface area (Å²) in [4.78, 5) is 16.4. The molecule has 0 saturated carbocycles. The molecule has 0 spiro atoms. The molecule has 4 rings (SSSR count). The van der Waals surface area contributed by atoms with Crippen molar-refractivity contribution in [2.24, 2.45) is 0 Å². The maximum absolute atomic E-state index is 12.5. The molecule has 1 N–H and O–H groups in total. The van der Waals surface area contributed by atoms with Crippen molar-refractivity contribution >= 4 is 29.1 Å². The van der Waals surface area contributed by atoms with Gasteiger partial charge in [-0.1, -0.05) is 54.1 Å². The van der Waals surface area contributed by atoms with E-state index in [0.717, 1.165) is 17.1 Å². The van der Waals surface area contributed by atoms with Gasteiger partial charge in [0.25, 0.3) is 0 Å². The standard InChI is InChI=1S/C21H20ClN5O/c22-17-8-4-5-9-19(17)23-21(28)27-14-12-26(13-15-27)20-11-10-18(24-25-20)16-6-2-1-3-7-16/h1-11H,12-15H2,(H,23,28). The fourth-order valence-electron chi connectivity index (χ4n) is 3.15. The molecule has 2 amide bonds. The number of anilines is 2. The number of benzene rings is 2. The predicted molar refractivity (Wildman–Crippen MR) is 112 cm³/mol. The highest BCUT2D eigenvalue weighted by Gasteiger charge is 2.22. The molecule has 2 aromatic carbocycles. The number of nitrogens with zero attached hydrogens (tertiary/aromatic N) is 4. The SMILES string of the molecule is O=C(Nc1ccccc1Cl)N1CCN(c2ccc(-c3ccccc3)nn2)CC1. The number of halogens is 1. The van der Waals surface area contributed by atoms with Crippen LogP contribution in [0.3, 0.4) is 0 Å². The predicted octanol–water partition coefficient (Wildman–Crippen LogP) is 4.15. The van der Waals surface area contributed by atoms with Gasteiger partial charge in [0.1, 0.15) is 0 Å². The van der Waals surface area contributed by atoms with Gasteiger partial charge in [-0.2, -0.15) is 0 Å². The topological polar surface area (TPSA) is 61.4 Å². The van der Waals surface area contributed by atoms with E-state index in [1.54, 1.807) is 17.0 Å². The van der Waals surface area contributed by atoms with Crippen LogP contribution in [0.2, 0.25) is 5.02 Å². The summed E-state index contributed by atoms with van der Waals surface area (Å²) in [7, 11) is 0. The van der Waals surface area contributed by atoms with Gasteiger partial charge in [-0.05, 0) is 24.3 Å². The molecule has 0 unspecified atom stereocenters. The first kappa shape index (κ1) is 18.3. The van der Waals surface area contributed by atoms with Crippen molar-refractivity contribution in [1.29, 1.82) is 0 Å². The number of hydrogen-bond acceptors (Lipinski definition) is 4. The number of rotatable bonds is 3. The zero-order valence-electron chi connectivity index (χ0n) is 15.3. The third-order valence-corrected chi connectivity index (χ3v) is 5.06. The summed E-state index contributed by atoms with van der Waals surface area (Å²) < 4.78 is 0. The fourth-order valence-corrected chi connectivity index (χ4v) is 3.34. The summed E-state index contributed by atoms with van der Waals surface area (Å²) in [5, 5.41) is 12.1. The van der Waals surface area contributed by atoms with Gasteiger partial charge in [-0.25, -0.2) is 4.79 Å². The average Bonchev–Trinajstić information content (AvgIpc) is 2.76. The Bertz CT molecular complexity index is 941. The Balaban J connectivity index is 1.35. The Morgan fingerprint density at radius 1 is 0.857 bits per heavy atom. The van der Waals surface area contributed by atoms with Crippen LogP contribution in [0.4, 0.5) is 16.3 Å². The van der Waals surface area contributed by atoms with E-state index in [1.807, 2.05) is 54.6 Å². The highest BCUT2D eigenvalue weighted by atomic mass is 35.5. The summed E-state index contributed by atoms with van der Waals surface area (Å²) >= 11 is 6.11. The molecule has 28 heavy (non-hydrogen) atoms. The Labute approximate surface area is 168 Å². The number of carbonyl (C=O) groups excluding carboxylic acids is 1. The smallest absolute Gasteiger partial charge is 0.322 e. The van der Waals surface area contributed by atoms with Gasteiger partial charge in [0, 0.05) is 31.7 Å². The van der Waals surface area contributed by atoms with Gasteiger partial charge in [0.05, 0.1) is 16.4 Å². The quantitative estimate of drug-likeness (QED) is 0.726. The number of hydrogen-bond donors (Lipinski definition) is 1. The largest absolute Gasteiger partial charge is 0.352 e. The lowest BCUT2D eigenvalue weighted by atomic mass is 10.1. The van der Waals surface area contributed by atoms with Crippen LogP contribution in [0.5, 0.6) is 0 Å². The fraction of sp³-hybridized carbons (Fsp3) is 0.190. The van der Waals surface area contributed by atoms with E-state index in [4.69, 9.17) is 11.6 Å². The van der Waals surface area contributed by atoms with Crippen molar-refractivity contribution in [2.45, 2.75) is 0 Å². The third-order valence-electron chi connectivity index (χ3n) is 4.73. The molecule has 6 nitrogen and oxygen atoms in total. The minimum absolute atomic E-state index is 0.141. The van der Waals surface area contributed by atoms with Crippen LogP contribution in [0.25, 0.3) is 11.3 Å². The summed E-state index contributed by atoms with van der Waals surface area (Å²) in [6, 6.07) is 21.0. The summed E-state index contributed by atoms with van der Waals surface area (Å²) in [5.41, 5.74) is 2.52. The van der Waals surface area contributed by atoms with Crippen molar-refractivity contribution in [3.63, 3.8) is 0 Å². The number of amides is 2. The monoisotopic (exact) mass is 393 g/mol. The molecular weight excluding hydrogens is 374 g/mol. The van der Waals surface area contributed by atoms with Crippen molar-refractivity contribution in [2.75, 3.05) is 36.4 Å². The maximum Gasteiger partial charge on any atom is 0.322 e.